The van der Waals surface area contributed by atoms with Gasteiger partial charge in [-0.3, -0.25) is 4.79 Å². The minimum Gasteiger partial charge on any atom is -0.456 e. The maximum Gasteiger partial charge on any atom is 0.229 e. The molecule has 1 amide bonds. The van der Waals surface area contributed by atoms with Gasteiger partial charge >= 0.3 is 0 Å². The lowest BCUT2D eigenvalue weighted by molar-refractivity contribution is -0.118. The first-order valence-corrected chi connectivity index (χ1v) is 8.30. The van der Waals surface area contributed by atoms with E-state index in [1.165, 1.54) is 18.3 Å². The predicted octanol–water partition coefficient (Wildman–Crippen LogP) is 4.51. The molecule has 0 spiro atoms. The zero-order valence-electron chi connectivity index (χ0n) is 15.1. The van der Waals surface area contributed by atoms with Gasteiger partial charge in [0.2, 0.25) is 5.91 Å². The third kappa shape index (κ3) is 3.13. The molecule has 0 bridgehead atoms. The summed E-state index contributed by atoms with van der Waals surface area (Å²) in [4.78, 5) is 16.6. The Bertz CT molecular complexity index is 884. The van der Waals surface area contributed by atoms with Crippen LogP contribution in [0.25, 0.3) is 0 Å². The van der Waals surface area contributed by atoms with Crippen LogP contribution < -0.4 is 10.1 Å². The number of ether oxygens (including phenoxy) is 1. The number of aromatic nitrogens is 1. The Morgan fingerprint density at radius 3 is 2.42 bits per heavy atom. The minimum absolute atomic E-state index is 0.0457. The fourth-order valence-corrected chi connectivity index (χ4v) is 3.39. The smallest absolute Gasteiger partial charge is 0.229 e. The van der Waals surface area contributed by atoms with Gasteiger partial charge in [0.1, 0.15) is 23.1 Å². The third-order valence-electron chi connectivity index (χ3n) is 5.51. The fourth-order valence-electron chi connectivity index (χ4n) is 3.39. The zero-order chi connectivity index (χ0) is 19.1. The van der Waals surface area contributed by atoms with Gasteiger partial charge in [-0.2, -0.15) is 5.26 Å². The molecule has 1 N–H and O–H groups in total. The molecule has 26 heavy (non-hydrogen) atoms. The molecule has 0 saturated heterocycles. The Morgan fingerprint density at radius 1 is 1.19 bits per heavy atom. The van der Waals surface area contributed by atoms with Gasteiger partial charge < -0.3 is 10.1 Å². The molecule has 5 nitrogen and oxygen atoms in total. The number of rotatable bonds is 4. The molecular weight excluding hydrogens is 333 g/mol. The highest BCUT2D eigenvalue weighted by Gasteiger charge is 2.68. The van der Waals surface area contributed by atoms with Gasteiger partial charge in [0.15, 0.2) is 0 Å². The Balaban J connectivity index is 1.67. The van der Waals surface area contributed by atoms with E-state index in [0.29, 0.717) is 11.6 Å². The number of carbonyl (C=O) groups excluding carboxylic acids is 1. The molecule has 0 unspecified atom stereocenters. The van der Waals surface area contributed by atoms with Crippen molar-refractivity contribution < 1.29 is 13.9 Å². The second-order valence-electron chi connectivity index (χ2n) is 7.63. The first-order chi connectivity index (χ1) is 12.1. The molecule has 1 saturated carbocycles. The summed E-state index contributed by atoms with van der Waals surface area (Å²) in [5.74, 6) is 0.351. The number of hydrogen-bond donors (Lipinski definition) is 1. The number of nitrogens with zero attached hydrogens (tertiary/aromatic N) is 2. The molecule has 1 aliphatic rings. The number of halogens is 1. The molecule has 1 heterocycles. The lowest BCUT2D eigenvalue weighted by Gasteiger charge is -2.08. The summed E-state index contributed by atoms with van der Waals surface area (Å²) in [5, 5.41) is 11.7. The van der Waals surface area contributed by atoms with Crippen LogP contribution in [0.3, 0.4) is 0 Å². The number of pyridine rings is 1. The quantitative estimate of drug-likeness (QED) is 0.878. The minimum atomic E-state index is -0.550. The number of nitriles is 1. The molecule has 3 rings (SSSR count). The maximum atomic E-state index is 13.4. The first-order valence-electron chi connectivity index (χ1n) is 8.30. The van der Waals surface area contributed by atoms with E-state index in [1.807, 2.05) is 6.07 Å². The Hall–Kier alpha value is -2.94. The molecule has 0 radical (unpaired) electrons. The average Bonchev–Trinajstić information content (AvgIpc) is 2.97. The van der Waals surface area contributed by atoms with Crippen LogP contribution >= 0.6 is 0 Å². The lowest BCUT2D eigenvalue weighted by atomic mass is 10.0. The van der Waals surface area contributed by atoms with Crippen LogP contribution in [0.2, 0.25) is 0 Å². The van der Waals surface area contributed by atoms with Gasteiger partial charge in [0.05, 0.1) is 17.8 Å². The van der Waals surface area contributed by atoms with Crippen LogP contribution in [0.5, 0.6) is 11.5 Å². The van der Waals surface area contributed by atoms with E-state index in [9.17, 15) is 9.18 Å². The van der Waals surface area contributed by atoms with Crippen molar-refractivity contribution in [3.63, 3.8) is 0 Å². The standard InChI is InChI=1S/C20H20FN3O2/c1-19(2)17(20(19,3)4)18(25)24-16-6-5-14(11-23-16)26-15-8-12(10-22)7-13(21)9-15/h5-9,11,17H,1-4H3,(H,23,24,25). The number of nitrogens with one attached hydrogen (secondary N) is 1. The van der Waals surface area contributed by atoms with E-state index in [4.69, 9.17) is 10.00 Å². The molecule has 1 aromatic heterocycles. The second-order valence-corrected chi connectivity index (χ2v) is 7.63. The topological polar surface area (TPSA) is 75.0 Å². The summed E-state index contributed by atoms with van der Waals surface area (Å²) < 4.78 is 19.0. The van der Waals surface area contributed by atoms with Crippen molar-refractivity contribution in [3.05, 3.63) is 47.9 Å². The molecule has 0 aliphatic heterocycles. The number of hydrogen-bond acceptors (Lipinski definition) is 4. The lowest BCUT2D eigenvalue weighted by Crippen LogP contribution is -2.18. The summed E-state index contributed by atoms with van der Waals surface area (Å²) >= 11 is 0. The molecule has 1 aromatic carbocycles. The van der Waals surface area contributed by atoms with Crippen LogP contribution in [-0.4, -0.2) is 10.9 Å². The number of carbonyl (C=O) groups is 1. The molecule has 1 fully saturated rings. The van der Waals surface area contributed by atoms with Crippen LogP contribution in [-0.2, 0) is 4.79 Å². The number of anilines is 1. The van der Waals surface area contributed by atoms with Gasteiger partial charge in [-0.05, 0) is 35.1 Å². The summed E-state index contributed by atoms with van der Waals surface area (Å²) in [7, 11) is 0. The van der Waals surface area contributed by atoms with Crippen molar-refractivity contribution in [1.29, 1.82) is 5.26 Å². The SMILES string of the molecule is CC1(C)C(C(=O)Nc2ccc(Oc3cc(F)cc(C#N)c3)cn2)C1(C)C. The van der Waals surface area contributed by atoms with Crippen molar-refractivity contribution in [3.8, 4) is 17.6 Å². The fraction of sp³-hybridized carbons (Fsp3) is 0.350. The van der Waals surface area contributed by atoms with Crippen molar-refractivity contribution in [2.24, 2.45) is 16.7 Å². The molecule has 2 aromatic rings. The van der Waals surface area contributed by atoms with E-state index in [-0.39, 0.29) is 34.0 Å². The summed E-state index contributed by atoms with van der Waals surface area (Å²) in [6.07, 6.45) is 1.44. The van der Waals surface area contributed by atoms with Gasteiger partial charge in [-0.25, -0.2) is 9.37 Å². The highest BCUT2D eigenvalue weighted by Crippen LogP contribution is 2.68. The largest absolute Gasteiger partial charge is 0.456 e. The summed E-state index contributed by atoms with van der Waals surface area (Å²) in [6, 6.07) is 8.88. The second kappa shape index (κ2) is 6.10. The van der Waals surface area contributed by atoms with Gasteiger partial charge in [-0.1, -0.05) is 27.7 Å². The Kier molecular flexibility index (Phi) is 4.19. The predicted molar refractivity (Wildman–Crippen MR) is 95.1 cm³/mol. The van der Waals surface area contributed by atoms with Crippen molar-refractivity contribution in [2.45, 2.75) is 27.7 Å². The van der Waals surface area contributed by atoms with Crippen molar-refractivity contribution in [1.82, 2.24) is 4.98 Å². The van der Waals surface area contributed by atoms with Crippen LogP contribution in [0.1, 0.15) is 33.3 Å². The highest BCUT2D eigenvalue weighted by atomic mass is 19.1. The highest BCUT2D eigenvalue weighted by molar-refractivity contribution is 5.95. The van der Waals surface area contributed by atoms with Crippen LogP contribution in [0.15, 0.2) is 36.5 Å². The van der Waals surface area contributed by atoms with Gasteiger partial charge in [0, 0.05) is 12.0 Å². The molecule has 1 aliphatic carbocycles. The zero-order valence-corrected chi connectivity index (χ0v) is 15.1. The summed E-state index contributed by atoms with van der Waals surface area (Å²) in [6.45, 7) is 8.32. The van der Waals surface area contributed by atoms with E-state index < -0.39 is 5.82 Å². The van der Waals surface area contributed by atoms with Crippen LogP contribution in [0, 0.1) is 33.9 Å². The number of benzene rings is 1. The first kappa shape index (κ1) is 17.9. The van der Waals surface area contributed by atoms with Gasteiger partial charge in [0.25, 0.3) is 0 Å². The van der Waals surface area contributed by atoms with Crippen molar-refractivity contribution >= 4 is 11.7 Å². The molecule has 0 atom stereocenters. The van der Waals surface area contributed by atoms with E-state index in [0.717, 1.165) is 6.07 Å². The Labute approximate surface area is 151 Å². The molecule has 6 heteroatoms. The molecular formula is C20H20FN3O2. The third-order valence-corrected chi connectivity index (χ3v) is 5.51. The van der Waals surface area contributed by atoms with E-state index >= 15 is 0 Å². The van der Waals surface area contributed by atoms with Gasteiger partial charge in [-0.15, -0.1) is 0 Å². The normalized spacial score (nSPS) is 17.2. The Morgan fingerprint density at radius 2 is 1.88 bits per heavy atom. The van der Waals surface area contributed by atoms with Crippen molar-refractivity contribution in [2.75, 3.05) is 5.32 Å². The average molecular weight is 353 g/mol. The van der Waals surface area contributed by atoms with E-state index in [2.05, 4.69) is 38.0 Å². The van der Waals surface area contributed by atoms with E-state index in [1.54, 1.807) is 12.1 Å². The molecule has 134 valence electrons. The number of amides is 1. The monoisotopic (exact) mass is 353 g/mol. The maximum absolute atomic E-state index is 13.4. The summed E-state index contributed by atoms with van der Waals surface area (Å²) in [5.41, 5.74) is 0.0814. The van der Waals surface area contributed by atoms with Crippen LogP contribution in [0.4, 0.5) is 10.2 Å².